The van der Waals surface area contributed by atoms with Gasteiger partial charge in [0.25, 0.3) is 0 Å². The Morgan fingerprint density at radius 2 is 1.65 bits per heavy atom. The molecule has 20 heavy (non-hydrogen) atoms. The number of benzene rings is 2. The van der Waals surface area contributed by atoms with Gasteiger partial charge in [-0.2, -0.15) is 0 Å². The van der Waals surface area contributed by atoms with E-state index in [4.69, 9.17) is 0 Å². The fraction of sp³-hybridized carbons (Fsp3) is 0.0556. The van der Waals surface area contributed by atoms with Gasteiger partial charge in [-0.15, -0.1) is 0 Å². The second-order valence-electron chi connectivity index (χ2n) is 5.12. The van der Waals surface area contributed by atoms with Crippen molar-refractivity contribution in [2.24, 2.45) is 0 Å². The summed E-state index contributed by atoms with van der Waals surface area (Å²) in [4.78, 5) is 8.07. The molecular formula is C18H14N2. The van der Waals surface area contributed by atoms with Crippen LogP contribution in [0.4, 0.5) is 0 Å². The van der Waals surface area contributed by atoms with Gasteiger partial charge in [-0.05, 0) is 19.1 Å². The number of H-pyrrole nitrogens is 1. The highest BCUT2D eigenvalue weighted by molar-refractivity contribution is 6.10. The predicted octanol–water partition coefficient (Wildman–Crippen LogP) is 4.69. The summed E-state index contributed by atoms with van der Waals surface area (Å²) < 4.78 is 0. The fourth-order valence-electron chi connectivity index (χ4n) is 2.70. The van der Waals surface area contributed by atoms with Crippen LogP contribution >= 0.6 is 0 Å². The summed E-state index contributed by atoms with van der Waals surface area (Å²) >= 11 is 0. The van der Waals surface area contributed by atoms with E-state index in [0.717, 1.165) is 22.3 Å². The first-order valence-corrected chi connectivity index (χ1v) is 6.75. The second-order valence-corrected chi connectivity index (χ2v) is 5.12. The fourth-order valence-corrected chi connectivity index (χ4v) is 2.70. The molecule has 0 bridgehead atoms. The summed E-state index contributed by atoms with van der Waals surface area (Å²) in [7, 11) is 0. The summed E-state index contributed by atoms with van der Waals surface area (Å²) in [5.41, 5.74) is 5.69. The van der Waals surface area contributed by atoms with Gasteiger partial charge in [0.05, 0.1) is 11.2 Å². The van der Waals surface area contributed by atoms with E-state index in [0.29, 0.717) is 0 Å². The summed E-state index contributed by atoms with van der Waals surface area (Å²) in [5, 5.41) is 2.48. The van der Waals surface area contributed by atoms with Crippen LogP contribution in [0.15, 0.2) is 60.8 Å². The maximum Gasteiger partial charge on any atom is 0.0943 e. The molecule has 0 fully saturated rings. The van der Waals surface area contributed by atoms with Gasteiger partial charge in [0.1, 0.15) is 0 Å². The highest BCUT2D eigenvalue weighted by atomic mass is 14.8. The maximum absolute atomic E-state index is 4.57. The van der Waals surface area contributed by atoms with E-state index in [1.165, 1.54) is 16.3 Å². The van der Waals surface area contributed by atoms with Gasteiger partial charge in [0, 0.05) is 28.0 Å². The Hall–Kier alpha value is -2.61. The molecule has 0 radical (unpaired) electrons. The zero-order chi connectivity index (χ0) is 13.5. The Kier molecular flexibility index (Phi) is 2.36. The smallest absolute Gasteiger partial charge is 0.0943 e. The molecule has 4 aromatic rings. The van der Waals surface area contributed by atoms with E-state index in [1.807, 2.05) is 6.20 Å². The van der Waals surface area contributed by atoms with Crippen LogP contribution in [0.3, 0.4) is 0 Å². The third kappa shape index (κ3) is 1.62. The largest absolute Gasteiger partial charge is 0.353 e. The molecular weight excluding hydrogens is 244 g/mol. The Morgan fingerprint density at radius 3 is 2.50 bits per heavy atom. The number of hydrogen-bond donors (Lipinski definition) is 1. The molecule has 0 aliphatic carbocycles. The predicted molar refractivity (Wildman–Crippen MR) is 83.8 cm³/mol. The topological polar surface area (TPSA) is 28.7 Å². The lowest BCUT2D eigenvalue weighted by molar-refractivity contribution is 1.33. The van der Waals surface area contributed by atoms with Crippen molar-refractivity contribution < 1.29 is 0 Å². The van der Waals surface area contributed by atoms with Crippen molar-refractivity contribution in [2.45, 2.75) is 6.92 Å². The number of fused-ring (bicyclic) bond motifs is 3. The molecule has 0 spiro atoms. The van der Waals surface area contributed by atoms with E-state index in [9.17, 15) is 0 Å². The average Bonchev–Trinajstić information content (AvgIpc) is 2.87. The number of hydrogen-bond acceptors (Lipinski definition) is 1. The van der Waals surface area contributed by atoms with Gasteiger partial charge in [0.2, 0.25) is 0 Å². The molecule has 0 amide bonds. The Bertz CT molecular complexity index is 902. The van der Waals surface area contributed by atoms with Crippen LogP contribution in [0, 0.1) is 6.92 Å². The van der Waals surface area contributed by atoms with Crippen molar-refractivity contribution in [3.8, 4) is 11.3 Å². The van der Waals surface area contributed by atoms with E-state index in [-0.39, 0.29) is 0 Å². The number of aromatic amines is 1. The van der Waals surface area contributed by atoms with Crippen LogP contribution in [0.2, 0.25) is 0 Å². The first kappa shape index (κ1) is 11.2. The summed E-state index contributed by atoms with van der Waals surface area (Å²) in [6.07, 6.45) is 1.89. The van der Waals surface area contributed by atoms with E-state index >= 15 is 0 Å². The average molecular weight is 258 g/mol. The first-order chi connectivity index (χ1) is 9.83. The second kappa shape index (κ2) is 4.20. The van der Waals surface area contributed by atoms with Crippen LogP contribution in [0.25, 0.3) is 33.1 Å². The van der Waals surface area contributed by atoms with Gasteiger partial charge in [-0.1, -0.05) is 48.0 Å². The molecule has 4 rings (SSSR count). The molecule has 2 aromatic heterocycles. The molecule has 2 aromatic carbocycles. The standard InChI is InChI=1S/C18H14N2/c1-12-6-8-13(9-7-12)17-18-15(10-11-19-17)14-4-2-3-5-16(14)20-18/h2-11,20H,1H3. The number of nitrogens with zero attached hydrogens (tertiary/aromatic N) is 1. The molecule has 0 unspecified atom stereocenters. The Balaban J connectivity index is 2.07. The molecule has 0 saturated carbocycles. The number of aryl methyl sites for hydroxylation is 1. The molecule has 2 heteroatoms. The number of nitrogens with one attached hydrogen (secondary N) is 1. The summed E-state index contributed by atoms with van der Waals surface area (Å²) in [5.74, 6) is 0. The molecule has 0 aliphatic heterocycles. The monoisotopic (exact) mass is 258 g/mol. The quantitative estimate of drug-likeness (QED) is 0.527. The number of para-hydroxylation sites is 1. The normalized spacial score (nSPS) is 11.2. The Labute approximate surface area is 117 Å². The van der Waals surface area contributed by atoms with Crippen LogP contribution < -0.4 is 0 Å². The van der Waals surface area contributed by atoms with E-state index < -0.39 is 0 Å². The number of rotatable bonds is 1. The van der Waals surface area contributed by atoms with Gasteiger partial charge in [0.15, 0.2) is 0 Å². The van der Waals surface area contributed by atoms with Gasteiger partial charge in [-0.25, -0.2) is 0 Å². The minimum Gasteiger partial charge on any atom is -0.353 e. The highest BCUT2D eigenvalue weighted by Gasteiger charge is 2.09. The highest BCUT2D eigenvalue weighted by Crippen LogP contribution is 2.31. The van der Waals surface area contributed by atoms with Crippen LogP contribution in [-0.2, 0) is 0 Å². The van der Waals surface area contributed by atoms with Gasteiger partial charge >= 0.3 is 0 Å². The maximum atomic E-state index is 4.57. The van der Waals surface area contributed by atoms with Crippen molar-refractivity contribution in [1.82, 2.24) is 9.97 Å². The first-order valence-electron chi connectivity index (χ1n) is 6.75. The lowest BCUT2D eigenvalue weighted by Crippen LogP contribution is -1.85. The zero-order valence-electron chi connectivity index (χ0n) is 11.2. The van der Waals surface area contributed by atoms with Crippen molar-refractivity contribution in [1.29, 1.82) is 0 Å². The van der Waals surface area contributed by atoms with Gasteiger partial charge < -0.3 is 4.98 Å². The van der Waals surface area contributed by atoms with E-state index in [1.54, 1.807) is 0 Å². The molecule has 0 atom stereocenters. The molecule has 96 valence electrons. The molecule has 2 nitrogen and oxygen atoms in total. The number of aromatic nitrogens is 2. The van der Waals surface area contributed by atoms with Crippen LogP contribution in [-0.4, -0.2) is 9.97 Å². The molecule has 1 N–H and O–H groups in total. The number of pyridine rings is 1. The minimum absolute atomic E-state index is 1.01. The third-order valence-electron chi connectivity index (χ3n) is 3.75. The van der Waals surface area contributed by atoms with Crippen molar-refractivity contribution in [2.75, 3.05) is 0 Å². The molecule has 0 saturated heterocycles. The van der Waals surface area contributed by atoms with Gasteiger partial charge in [-0.3, -0.25) is 4.98 Å². The summed E-state index contributed by atoms with van der Waals surface area (Å²) in [6.45, 7) is 2.10. The minimum atomic E-state index is 1.01. The Morgan fingerprint density at radius 1 is 0.850 bits per heavy atom. The van der Waals surface area contributed by atoms with Crippen molar-refractivity contribution in [3.05, 3.63) is 66.4 Å². The van der Waals surface area contributed by atoms with Crippen LogP contribution in [0.5, 0.6) is 0 Å². The lowest BCUT2D eigenvalue weighted by atomic mass is 10.1. The van der Waals surface area contributed by atoms with E-state index in [2.05, 4.69) is 71.5 Å². The zero-order valence-corrected chi connectivity index (χ0v) is 11.2. The third-order valence-corrected chi connectivity index (χ3v) is 3.75. The van der Waals surface area contributed by atoms with Crippen molar-refractivity contribution >= 4 is 21.8 Å². The SMILES string of the molecule is Cc1ccc(-c2nccc3c2[nH]c2ccccc23)cc1. The van der Waals surface area contributed by atoms with Crippen molar-refractivity contribution in [3.63, 3.8) is 0 Å². The summed E-state index contributed by atoms with van der Waals surface area (Å²) in [6, 6.07) is 19.0. The molecule has 0 aliphatic rings. The lowest BCUT2D eigenvalue weighted by Gasteiger charge is -2.03. The van der Waals surface area contributed by atoms with Crippen LogP contribution in [0.1, 0.15) is 5.56 Å². The molecule has 2 heterocycles.